The molecule has 0 saturated heterocycles. The van der Waals surface area contributed by atoms with Crippen molar-refractivity contribution in [2.75, 3.05) is 6.61 Å². The maximum atomic E-state index is 11.1. The average Bonchev–Trinajstić information content (AvgIpc) is 2.28. The monoisotopic (exact) mass is 252 g/mol. The Kier molecular flexibility index (Phi) is 5.12. The lowest BCUT2D eigenvalue weighted by atomic mass is 9.86. The molecule has 5 heteroatoms. The van der Waals surface area contributed by atoms with Gasteiger partial charge in [-0.3, -0.25) is 4.79 Å². The van der Waals surface area contributed by atoms with Crippen molar-refractivity contribution in [2.45, 2.75) is 32.6 Å². The van der Waals surface area contributed by atoms with Crippen LogP contribution in [0.25, 0.3) is 0 Å². The molecule has 0 atom stereocenters. The molecule has 1 aromatic rings. The smallest absolute Gasteiger partial charge is 0.329 e. The topological polar surface area (TPSA) is 73.6 Å². The average molecular weight is 252 g/mol. The lowest BCUT2D eigenvalue weighted by Gasteiger charge is -2.22. The summed E-state index contributed by atoms with van der Waals surface area (Å²) in [7, 11) is 0. The summed E-state index contributed by atoms with van der Waals surface area (Å²) < 4.78 is 5.61. The van der Waals surface area contributed by atoms with E-state index in [1.807, 2.05) is 29.9 Å². The van der Waals surface area contributed by atoms with Crippen LogP contribution in [0, 0.1) is 0 Å². The molecule has 0 aliphatic rings. The van der Waals surface area contributed by atoms with E-state index in [4.69, 9.17) is 10.6 Å². The highest BCUT2D eigenvalue weighted by Crippen LogP contribution is 2.30. The molecule has 0 aromatic heterocycles. The highest BCUT2D eigenvalue weighted by Gasteiger charge is 2.18. The number of hydrogen-bond donors (Lipinski definition) is 2. The second-order valence-corrected chi connectivity index (χ2v) is 4.94. The second kappa shape index (κ2) is 6.37. The Hall–Kier alpha value is -1.59. The normalized spacial score (nSPS) is 11.1. The number of benzene rings is 1. The largest absolute Gasteiger partial charge is 0.493 e. The summed E-state index contributed by atoms with van der Waals surface area (Å²) in [6.45, 7) is 6.60. The van der Waals surface area contributed by atoms with Gasteiger partial charge in [-0.05, 0) is 17.0 Å². The summed E-state index contributed by atoms with van der Waals surface area (Å²) in [4.78, 5) is 15.5. The van der Waals surface area contributed by atoms with Crippen molar-refractivity contribution in [3.05, 3.63) is 29.8 Å². The minimum Gasteiger partial charge on any atom is -0.493 e. The lowest BCUT2D eigenvalue weighted by molar-refractivity contribution is -0.151. The summed E-state index contributed by atoms with van der Waals surface area (Å²) in [5.74, 6) is 5.20. The second-order valence-electron chi connectivity index (χ2n) is 4.94. The fraction of sp³-hybridized carbons (Fsp3) is 0.462. The maximum absolute atomic E-state index is 11.1. The maximum Gasteiger partial charge on any atom is 0.329 e. The number of nitrogens with two attached hydrogens (primary N) is 1. The van der Waals surface area contributed by atoms with Gasteiger partial charge in [0.25, 0.3) is 0 Å². The number of ether oxygens (including phenoxy) is 1. The molecule has 0 fully saturated rings. The molecule has 0 aliphatic heterocycles. The summed E-state index contributed by atoms with van der Waals surface area (Å²) in [5.41, 5.74) is 2.95. The van der Waals surface area contributed by atoms with Crippen molar-refractivity contribution in [3.8, 4) is 5.75 Å². The fourth-order valence-corrected chi connectivity index (χ4v) is 1.57. The first-order valence-electron chi connectivity index (χ1n) is 5.82. The molecule has 1 aromatic carbocycles. The first kappa shape index (κ1) is 14.5. The molecule has 1 rings (SSSR count). The molecule has 0 aliphatic carbocycles. The Morgan fingerprint density at radius 3 is 2.61 bits per heavy atom. The highest BCUT2D eigenvalue weighted by molar-refractivity contribution is 5.69. The van der Waals surface area contributed by atoms with Gasteiger partial charge in [-0.1, -0.05) is 44.6 Å². The Bertz CT molecular complexity index is 399. The van der Waals surface area contributed by atoms with Gasteiger partial charge in [0.05, 0.1) is 13.0 Å². The van der Waals surface area contributed by atoms with E-state index in [0.717, 1.165) is 11.3 Å². The van der Waals surface area contributed by atoms with Crippen molar-refractivity contribution in [1.82, 2.24) is 5.59 Å². The molecular weight excluding hydrogens is 232 g/mol. The predicted molar refractivity (Wildman–Crippen MR) is 68.7 cm³/mol. The van der Waals surface area contributed by atoms with Crippen LogP contribution in [-0.4, -0.2) is 12.6 Å². The molecule has 0 amide bonds. The first-order chi connectivity index (χ1) is 8.45. The van der Waals surface area contributed by atoms with Gasteiger partial charge in [0.15, 0.2) is 0 Å². The summed E-state index contributed by atoms with van der Waals surface area (Å²) >= 11 is 0. The van der Waals surface area contributed by atoms with E-state index in [0.29, 0.717) is 0 Å². The quantitative estimate of drug-likeness (QED) is 0.616. The number of nitrogens with one attached hydrogen (secondary N) is 1. The van der Waals surface area contributed by atoms with Crippen molar-refractivity contribution in [2.24, 2.45) is 5.84 Å². The Morgan fingerprint density at radius 1 is 1.33 bits per heavy atom. The van der Waals surface area contributed by atoms with Crippen molar-refractivity contribution in [3.63, 3.8) is 0 Å². The van der Waals surface area contributed by atoms with E-state index in [1.165, 1.54) is 0 Å². The highest BCUT2D eigenvalue weighted by atomic mass is 16.7. The van der Waals surface area contributed by atoms with Crippen molar-refractivity contribution < 1.29 is 14.4 Å². The van der Waals surface area contributed by atoms with Gasteiger partial charge in [0, 0.05) is 0 Å². The van der Waals surface area contributed by atoms with Crippen LogP contribution in [-0.2, 0) is 15.0 Å². The molecule has 5 nitrogen and oxygen atoms in total. The van der Waals surface area contributed by atoms with Gasteiger partial charge >= 0.3 is 5.97 Å². The molecular formula is C13H20N2O3. The molecule has 0 spiro atoms. The van der Waals surface area contributed by atoms with Crippen LogP contribution in [0.2, 0.25) is 0 Å². The minimum atomic E-state index is -0.453. The molecule has 0 bridgehead atoms. The third-order valence-electron chi connectivity index (χ3n) is 2.43. The van der Waals surface area contributed by atoms with Gasteiger partial charge in [0.2, 0.25) is 0 Å². The van der Waals surface area contributed by atoms with Crippen LogP contribution in [0.15, 0.2) is 24.3 Å². The molecule has 0 radical (unpaired) electrons. The van der Waals surface area contributed by atoms with Crippen LogP contribution in [0.4, 0.5) is 0 Å². The van der Waals surface area contributed by atoms with Gasteiger partial charge in [0.1, 0.15) is 5.75 Å². The van der Waals surface area contributed by atoms with E-state index >= 15 is 0 Å². The lowest BCUT2D eigenvalue weighted by Crippen LogP contribution is -2.27. The number of carbonyl (C=O) groups is 1. The Labute approximate surface area is 107 Å². The Morgan fingerprint density at radius 2 is 2.00 bits per heavy atom. The zero-order valence-electron chi connectivity index (χ0n) is 11.0. The number of rotatable bonds is 5. The van der Waals surface area contributed by atoms with E-state index in [-0.39, 0.29) is 18.4 Å². The minimum absolute atomic E-state index is 0.00405. The number of hydrogen-bond acceptors (Lipinski definition) is 5. The standard InChI is InChI=1S/C13H20N2O3/c1-13(2,3)10-6-4-5-7-11(10)17-9-8-12(16)18-15-14/h4-7,15H,8-9,14H2,1-3H3. The summed E-state index contributed by atoms with van der Waals surface area (Å²) in [5, 5.41) is 0. The first-order valence-corrected chi connectivity index (χ1v) is 5.82. The zero-order chi connectivity index (χ0) is 13.6. The fourth-order valence-electron chi connectivity index (χ4n) is 1.57. The number of hydrazine groups is 1. The summed E-state index contributed by atoms with van der Waals surface area (Å²) in [6, 6.07) is 7.80. The van der Waals surface area contributed by atoms with Crippen LogP contribution < -0.4 is 16.2 Å². The zero-order valence-corrected chi connectivity index (χ0v) is 11.0. The van der Waals surface area contributed by atoms with E-state index in [1.54, 1.807) is 0 Å². The molecule has 0 heterocycles. The van der Waals surface area contributed by atoms with Crippen LogP contribution in [0.1, 0.15) is 32.8 Å². The molecule has 0 unspecified atom stereocenters. The van der Waals surface area contributed by atoms with Crippen LogP contribution >= 0.6 is 0 Å². The van der Waals surface area contributed by atoms with E-state index < -0.39 is 5.97 Å². The SMILES string of the molecule is CC(C)(C)c1ccccc1OCCC(=O)ONN. The number of carbonyl (C=O) groups excluding carboxylic acids is 1. The molecule has 100 valence electrons. The van der Waals surface area contributed by atoms with Gasteiger partial charge in [-0.2, -0.15) is 0 Å². The number of para-hydroxylation sites is 1. The molecule has 18 heavy (non-hydrogen) atoms. The molecule has 3 N–H and O–H groups in total. The summed E-state index contributed by atoms with van der Waals surface area (Å²) in [6.07, 6.45) is 0.142. The van der Waals surface area contributed by atoms with Crippen LogP contribution in [0.3, 0.4) is 0 Å². The third-order valence-corrected chi connectivity index (χ3v) is 2.43. The van der Waals surface area contributed by atoms with Gasteiger partial charge < -0.3 is 9.57 Å². The van der Waals surface area contributed by atoms with Gasteiger partial charge in [-0.15, -0.1) is 0 Å². The van der Waals surface area contributed by atoms with E-state index in [2.05, 4.69) is 25.6 Å². The predicted octanol–water partition coefficient (Wildman–Crippen LogP) is 1.67. The van der Waals surface area contributed by atoms with Crippen molar-refractivity contribution >= 4 is 5.97 Å². The van der Waals surface area contributed by atoms with Crippen molar-refractivity contribution in [1.29, 1.82) is 0 Å². The third kappa shape index (κ3) is 4.35. The Balaban J connectivity index is 2.60. The molecule has 0 saturated carbocycles. The van der Waals surface area contributed by atoms with Crippen LogP contribution in [0.5, 0.6) is 5.75 Å². The van der Waals surface area contributed by atoms with Gasteiger partial charge in [-0.25, -0.2) is 5.84 Å². The van der Waals surface area contributed by atoms with E-state index in [9.17, 15) is 4.79 Å².